The predicted octanol–water partition coefficient (Wildman–Crippen LogP) is 3.65. The Balaban J connectivity index is 2.20. The molecule has 0 amide bonds. The van der Waals surface area contributed by atoms with Gasteiger partial charge in [0.05, 0.1) is 20.2 Å². The molecule has 0 aromatic carbocycles. The lowest BCUT2D eigenvalue weighted by molar-refractivity contribution is 0.472. The van der Waals surface area contributed by atoms with E-state index in [0.29, 0.717) is 13.1 Å². The maximum Gasteiger partial charge on any atom is 0.197 e. The predicted molar refractivity (Wildman–Crippen MR) is 92.6 cm³/mol. The van der Waals surface area contributed by atoms with Crippen LogP contribution in [0.5, 0.6) is 0 Å². The average Bonchev–Trinajstić information content (AvgIpc) is 2.77. The van der Waals surface area contributed by atoms with Gasteiger partial charge in [0, 0.05) is 43.4 Å². The van der Waals surface area contributed by atoms with E-state index in [2.05, 4.69) is 15.9 Å². The van der Waals surface area contributed by atoms with Crippen LogP contribution < -0.4 is 4.90 Å². The van der Waals surface area contributed by atoms with Crippen LogP contribution in [-0.2, 0) is 11.4 Å². The van der Waals surface area contributed by atoms with Crippen molar-refractivity contribution in [3.05, 3.63) is 20.4 Å². The maximum absolute atomic E-state index is 11.3. The quantitative estimate of drug-likeness (QED) is 0.571. The van der Waals surface area contributed by atoms with Gasteiger partial charge < -0.3 is 13.9 Å². The number of hydrogen-bond acceptors (Lipinski definition) is 6. The molecule has 2 heterocycles. The summed E-state index contributed by atoms with van der Waals surface area (Å²) in [5, 5.41) is 1.97. The molecular formula is C12H15BrN2O2S3. The van der Waals surface area contributed by atoms with Crippen molar-refractivity contribution in [3.8, 4) is 0 Å². The molecule has 0 aliphatic carbocycles. The monoisotopic (exact) mass is 394 g/mol. The highest BCUT2D eigenvalue weighted by Crippen LogP contribution is 2.34. The molecule has 2 aromatic rings. The second kappa shape index (κ2) is 6.76. The van der Waals surface area contributed by atoms with Crippen molar-refractivity contribution in [2.24, 2.45) is 0 Å². The number of anilines is 1. The molecule has 1 atom stereocenters. The average molecular weight is 395 g/mol. The molecule has 0 N–H and O–H groups in total. The molecule has 0 saturated heterocycles. The fourth-order valence-corrected chi connectivity index (χ4v) is 3.75. The van der Waals surface area contributed by atoms with Crippen LogP contribution in [0.4, 0.5) is 5.88 Å². The zero-order valence-corrected chi connectivity index (χ0v) is 15.4. The van der Waals surface area contributed by atoms with Gasteiger partial charge >= 0.3 is 0 Å². The van der Waals surface area contributed by atoms with E-state index in [9.17, 15) is 4.55 Å². The van der Waals surface area contributed by atoms with Gasteiger partial charge in [-0.05, 0) is 15.9 Å². The van der Waals surface area contributed by atoms with E-state index in [0.717, 1.165) is 25.1 Å². The van der Waals surface area contributed by atoms with Crippen LogP contribution in [0.15, 0.2) is 20.3 Å². The minimum atomic E-state index is -0.957. The van der Waals surface area contributed by atoms with E-state index in [1.165, 1.54) is 0 Å². The van der Waals surface area contributed by atoms with Crippen molar-refractivity contribution < 1.29 is 8.97 Å². The van der Waals surface area contributed by atoms with Crippen molar-refractivity contribution in [3.63, 3.8) is 0 Å². The van der Waals surface area contributed by atoms with Crippen molar-refractivity contribution >= 4 is 67.0 Å². The Hall–Kier alpha value is -0.120. The summed E-state index contributed by atoms with van der Waals surface area (Å²) in [5.41, 5.74) is 0.789. The number of fused-ring (bicyclic) bond motifs is 1. The molecule has 0 saturated carbocycles. The summed E-state index contributed by atoms with van der Waals surface area (Å²) >= 11 is 9.48. The van der Waals surface area contributed by atoms with Gasteiger partial charge in [-0.1, -0.05) is 12.2 Å². The van der Waals surface area contributed by atoms with Crippen LogP contribution in [-0.4, -0.2) is 42.3 Å². The Morgan fingerprint density at radius 3 is 2.80 bits per heavy atom. The van der Waals surface area contributed by atoms with E-state index in [4.69, 9.17) is 16.6 Å². The van der Waals surface area contributed by atoms with Crippen molar-refractivity contribution in [1.29, 1.82) is 0 Å². The first-order chi connectivity index (χ1) is 9.40. The molecule has 8 heteroatoms. The third-order valence-corrected chi connectivity index (χ3v) is 6.35. The lowest BCUT2D eigenvalue weighted by Gasteiger charge is -2.22. The van der Waals surface area contributed by atoms with Crippen molar-refractivity contribution in [2.75, 3.05) is 38.3 Å². The molecule has 0 spiro atoms. The molecular weight excluding hydrogens is 380 g/mol. The number of hydrogen-bond donors (Lipinski definition) is 0. The SMILES string of the molecule is CN(CCN(C)[S+](C)[O-])c1cc(=S)c2scc(Br)c2o1. The second-order valence-electron chi connectivity index (χ2n) is 4.39. The Labute approximate surface area is 138 Å². The van der Waals surface area contributed by atoms with E-state index in [1.807, 2.05) is 30.4 Å². The zero-order chi connectivity index (χ0) is 14.9. The number of thiophene rings is 1. The molecule has 110 valence electrons. The fourth-order valence-electron chi connectivity index (χ4n) is 1.62. The molecule has 20 heavy (non-hydrogen) atoms. The Kier molecular flexibility index (Phi) is 5.49. The van der Waals surface area contributed by atoms with Crippen LogP contribution in [0.3, 0.4) is 0 Å². The van der Waals surface area contributed by atoms with Gasteiger partial charge in [0.15, 0.2) is 11.5 Å². The van der Waals surface area contributed by atoms with Gasteiger partial charge in [-0.3, -0.25) is 0 Å². The summed E-state index contributed by atoms with van der Waals surface area (Å²) in [6.07, 6.45) is 1.67. The first-order valence-electron chi connectivity index (χ1n) is 5.87. The Morgan fingerprint density at radius 1 is 1.45 bits per heavy atom. The minimum absolute atomic E-state index is 0.685. The molecule has 0 aliphatic rings. The smallest absolute Gasteiger partial charge is 0.197 e. The van der Waals surface area contributed by atoms with Crippen LogP contribution in [0.1, 0.15) is 0 Å². The molecule has 0 aliphatic heterocycles. The van der Waals surface area contributed by atoms with Crippen molar-refractivity contribution in [1.82, 2.24) is 4.31 Å². The first-order valence-corrected chi connectivity index (χ1v) is 9.46. The molecule has 0 fully saturated rings. The normalized spacial score (nSPS) is 13.1. The second-order valence-corrected chi connectivity index (χ2v) is 8.03. The lowest BCUT2D eigenvalue weighted by atomic mass is 10.4. The Bertz CT molecular complexity index is 656. The van der Waals surface area contributed by atoms with Crippen LogP contribution in [0.25, 0.3) is 10.3 Å². The third kappa shape index (κ3) is 3.55. The minimum Gasteiger partial charge on any atom is -0.598 e. The number of halogens is 1. The topological polar surface area (TPSA) is 42.7 Å². The van der Waals surface area contributed by atoms with Crippen molar-refractivity contribution in [2.45, 2.75) is 0 Å². The lowest BCUT2D eigenvalue weighted by Crippen LogP contribution is -2.34. The molecule has 2 rings (SSSR count). The van der Waals surface area contributed by atoms with Gasteiger partial charge in [-0.25, -0.2) is 0 Å². The van der Waals surface area contributed by atoms with Gasteiger partial charge in [0.25, 0.3) is 0 Å². The zero-order valence-electron chi connectivity index (χ0n) is 11.4. The molecule has 0 radical (unpaired) electrons. The van der Waals surface area contributed by atoms with Crippen LogP contribution >= 0.6 is 39.5 Å². The molecule has 4 nitrogen and oxygen atoms in total. The molecule has 0 bridgehead atoms. The van der Waals surface area contributed by atoms with E-state index >= 15 is 0 Å². The van der Waals surface area contributed by atoms with E-state index < -0.39 is 11.4 Å². The largest absolute Gasteiger partial charge is 0.598 e. The third-order valence-electron chi connectivity index (χ3n) is 2.95. The first kappa shape index (κ1) is 16.3. The number of rotatable bonds is 5. The van der Waals surface area contributed by atoms with E-state index in [-0.39, 0.29) is 0 Å². The summed E-state index contributed by atoms with van der Waals surface area (Å²) in [5.74, 6) is 0.719. The summed E-state index contributed by atoms with van der Waals surface area (Å²) in [6.45, 7) is 1.40. The summed E-state index contributed by atoms with van der Waals surface area (Å²) in [6, 6.07) is 1.86. The molecule has 2 aromatic heterocycles. The number of likely N-dealkylation sites (N-methyl/N-ethyl adjacent to an activating group) is 2. The summed E-state index contributed by atoms with van der Waals surface area (Å²) in [4.78, 5) is 1.97. The Morgan fingerprint density at radius 2 is 2.15 bits per heavy atom. The van der Waals surface area contributed by atoms with Crippen LogP contribution in [0, 0.1) is 4.51 Å². The highest BCUT2D eigenvalue weighted by molar-refractivity contribution is 9.10. The fraction of sp³-hybridized carbons (Fsp3) is 0.417. The van der Waals surface area contributed by atoms with Gasteiger partial charge in [0.2, 0.25) is 0 Å². The highest BCUT2D eigenvalue weighted by atomic mass is 79.9. The molecule has 1 unspecified atom stereocenters. The summed E-state index contributed by atoms with van der Waals surface area (Å²) in [7, 11) is 3.77. The van der Waals surface area contributed by atoms with Gasteiger partial charge in [-0.15, -0.1) is 15.6 Å². The van der Waals surface area contributed by atoms with Gasteiger partial charge in [0.1, 0.15) is 6.26 Å². The van der Waals surface area contributed by atoms with Gasteiger partial charge in [-0.2, -0.15) is 0 Å². The van der Waals surface area contributed by atoms with Crippen LogP contribution in [0.2, 0.25) is 0 Å². The van der Waals surface area contributed by atoms with E-state index in [1.54, 1.807) is 21.9 Å². The summed E-state index contributed by atoms with van der Waals surface area (Å²) < 4.78 is 21.7. The highest BCUT2D eigenvalue weighted by Gasteiger charge is 2.13. The maximum atomic E-state index is 11.3. The number of nitrogens with zero attached hydrogens (tertiary/aromatic N) is 2. The standard InChI is InChI=1S/C12H15BrN2O2S3/c1-14(4-5-15(2)20(3)16)10-6-9(18)12-11(17-10)8(13)7-19-12/h6-7H,4-5H2,1-3H3.